The number of nitrogens with one attached hydrogen (secondary N) is 2. The minimum Gasteiger partial charge on any atom is -0.347 e. The topological polar surface area (TPSA) is 78.7 Å². The second kappa shape index (κ2) is 11.8. The molecule has 0 amide bonds. The molecule has 188 valence electrons. The highest BCUT2D eigenvalue weighted by Gasteiger charge is 2.24. The molecule has 0 aliphatic rings. The van der Waals surface area contributed by atoms with Gasteiger partial charge in [0.2, 0.25) is 10.0 Å². The van der Waals surface area contributed by atoms with E-state index < -0.39 is 10.0 Å². The molecule has 35 heavy (non-hydrogen) atoms. The van der Waals surface area contributed by atoms with E-state index in [2.05, 4.69) is 40.3 Å². The molecule has 0 aliphatic carbocycles. The molecule has 0 saturated heterocycles. The molecule has 9 heteroatoms. The summed E-state index contributed by atoms with van der Waals surface area (Å²) < 4.78 is 30.3. The minimum atomic E-state index is -3.57. The third kappa shape index (κ3) is 6.09. The smallest absolute Gasteiger partial charge is 0.243 e. The van der Waals surface area contributed by atoms with E-state index in [1.165, 1.54) is 5.56 Å². The lowest BCUT2D eigenvalue weighted by Gasteiger charge is -2.21. The van der Waals surface area contributed by atoms with Gasteiger partial charge < -0.3 is 9.88 Å². The number of sulfonamides is 1. The molecule has 1 aromatic heterocycles. The Kier molecular flexibility index (Phi) is 9.04. The first-order valence-electron chi connectivity index (χ1n) is 12.0. The summed E-state index contributed by atoms with van der Waals surface area (Å²) in [5.74, 6) is 0. The zero-order chi connectivity index (χ0) is 25.6. The fourth-order valence-corrected chi connectivity index (χ4v) is 5.84. The van der Waals surface area contributed by atoms with E-state index in [4.69, 9.17) is 12.2 Å². The lowest BCUT2D eigenvalue weighted by atomic mass is 10.1. The number of fused-ring (bicyclic) bond motifs is 1. The van der Waals surface area contributed by atoms with Gasteiger partial charge >= 0.3 is 0 Å². The predicted molar refractivity (Wildman–Crippen MR) is 150 cm³/mol. The number of benzene rings is 2. The number of hydrogen-bond donors (Lipinski definition) is 2. The highest BCUT2D eigenvalue weighted by Crippen LogP contribution is 2.26. The van der Waals surface area contributed by atoms with E-state index in [9.17, 15) is 8.42 Å². The Morgan fingerprint density at radius 1 is 1.11 bits per heavy atom. The molecule has 7 nitrogen and oxygen atoms in total. The molecule has 0 bridgehead atoms. The van der Waals surface area contributed by atoms with E-state index in [0.717, 1.165) is 47.1 Å². The molecule has 0 unspecified atom stereocenters. The standard InChI is InChI=1S/C26H35N5O2S2/c1-6-14-31(15-7-2)35(32,33)22-12-13-25-23(16-22)21(18-30(25)8-3)17-27-29-26(34)28-24-11-9-10-19(4)20(24)5/h9-13,16-18H,6-8,14-15H2,1-5H3,(H2,28,29,34). The average Bonchev–Trinajstić information content (AvgIpc) is 3.19. The molecule has 1 heterocycles. The van der Waals surface area contributed by atoms with Crippen LogP contribution in [0.5, 0.6) is 0 Å². The number of aryl methyl sites for hydroxylation is 2. The lowest BCUT2D eigenvalue weighted by Crippen LogP contribution is -2.32. The van der Waals surface area contributed by atoms with Crippen LogP contribution < -0.4 is 10.7 Å². The van der Waals surface area contributed by atoms with Crippen LogP contribution in [-0.2, 0) is 16.6 Å². The summed E-state index contributed by atoms with van der Waals surface area (Å²) in [5.41, 5.74) is 7.88. The summed E-state index contributed by atoms with van der Waals surface area (Å²) in [5, 5.41) is 8.71. The van der Waals surface area contributed by atoms with Crippen LogP contribution >= 0.6 is 12.2 Å². The van der Waals surface area contributed by atoms with Crippen molar-refractivity contribution in [2.24, 2.45) is 5.10 Å². The summed E-state index contributed by atoms with van der Waals surface area (Å²) in [6, 6.07) is 11.3. The van der Waals surface area contributed by atoms with Crippen molar-refractivity contribution in [3.63, 3.8) is 0 Å². The fraction of sp³-hybridized carbons (Fsp3) is 0.385. The summed E-state index contributed by atoms with van der Waals surface area (Å²) in [6.07, 6.45) is 5.20. The Labute approximate surface area is 214 Å². The van der Waals surface area contributed by atoms with Gasteiger partial charge in [-0.05, 0) is 81.2 Å². The van der Waals surface area contributed by atoms with Gasteiger partial charge in [0.05, 0.1) is 11.1 Å². The number of aromatic nitrogens is 1. The number of thiocarbonyl (C=S) groups is 1. The second-order valence-corrected chi connectivity index (χ2v) is 10.9. The minimum absolute atomic E-state index is 0.301. The Hall–Kier alpha value is -2.75. The Bertz CT molecular complexity index is 1320. The molecule has 2 aromatic carbocycles. The maximum Gasteiger partial charge on any atom is 0.243 e. The first kappa shape index (κ1) is 26.8. The van der Waals surface area contributed by atoms with Gasteiger partial charge in [-0.1, -0.05) is 26.0 Å². The maximum absolute atomic E-state index is 13.3. The fourth-order valence-electron chi connectivity index (χ4n) is 4.03. The van der Waals surface area contributed by atoms with Crippen LogP contribution in [0.1, 0.15) is 50.3 Å². The van der Waals surface area contributed by atoms with Gasteiger partial charge in [0, 0.05) is 48.0 Å². The highest BCUT2D eigenvalue weighted by atomic mass is 32.2. The zero-order valence-electron chi connectivity index (χ0n) is 21.1. The molecule has 3 aromatic rings. The van der Waals surface area contributed by atoms with Gasteiger partial charge in [-0.3, -0.25) is 5.43 Å². The molecule has 0 aliphatic heterocycles. The van der Waals surface area contributed by atoms with Crippen molar-refractivity contribution in [2.75, 3.05) is 18.4 Å². The number of anilines is 1. The maximum atomic E-state index is 13.3. The molecule has 3 rings (SSSR count). The molecule has 0 fully saturated rings. The molecular weight excluding hydrogens is 478 g/mol. The van der Waals surface area contributed by atoms with Crippen molar-refractivity contribution in [3.05, 3.63) is 59.3 Å². The van der Waals surface area contributed by atoms with Crippen LogP contribution in [-0.4, -0.2) is 41.7 Å². The van der Waals surface area contributed by atoms with E-state index >= 15 is 0 Å². The first-order valence-corrected chi connectivity index (χ1v) is 13.9. The third-order valence-electron chi connectivity index (χ3n) is 6.03. The summed E-state index contributed by atoms with van der Waals surface area (Å²) in [6.45, 7) is 11.9. The number of hydrogen-bond acceptors (Lipinski definition) is 4. The van der Waals surface area contributed by atoms with Crippen LogP contribution in [0.2, 0.25) is 0 Å². The van der Waals surface area contributed by atoms with Crippen molar-refractivity contribution in [2.45, 2.75) is 58.9 Å². The van der Waals surface area contributed by atoms with Crippen LogP contribution in [0.4, 0.5) is 5.69 Å². The molecule has 0 radical (unpaired) electrons. The van der Waals surface area contributed by atoms with Gasteiger partial charge in [-0.2, -0.15) is 9.41 Å². The van der Waals surface area contributed by atoms with Crippen molar-refractivity contribution in [1.82, 2.24) is 14.3 Å². The lowest BCUT2D eigenvalue weighted by molar-refractivity contribution is 0.410. The van der Waals surface area contributed by atoms with E-state index in [1.54, 1.807) is 22.7 Å². The van der Waals surface area contributed by atoms with Gasteiger partial charge in [-0.15, -0.1) is 0 Å². The second-order valence-electron chi connectivity index (χ2n) is 8.53. The van der Waals surface area contributed by atoms with Gasteiger partial charge in [0.25, 0.3) is 0 Å². The van der Waals surface area contributed by atoms with Crippen molar-refractivity contribution in [1.29, 1.82) is 0 Å². The van der Waals surface area contributed by atoms with Crippen molar-refractivity contribution < 1.29 is 8.42 Å². The Balaban J connectivity index is 1.87. The summed E-state index contributed by atoms with van der Waals surface area (Å²) in [7, 11) is -3.57. The van der Waals surface area contributed by atoms with Crippen LogP contribution in [0.25, 0.3) is 10.9 Å². The first-order chi connectivity index (χ1) is 16.7. The average molecular weight is 514 g/mol. The number of rotatable bonds is 10. The molecule has 2 N–H and O–H groups in total. The van der Waals surface area contributed by atoms with Crippen LogP contribution in [0, 0.1) is 13.8 Å². The quantitative estimate of drug-likeness (QED) is 0.215. The van der Waals surface area contributed by atoms with Gasteiger partial charge in [0.15, 0.2) is 5.11 Å². The molecule has 0 spiro atoms. The summed E-state index contributed by atoms with van der Waals surface area (Å²) >= 11 is 5.40. The van der Waals surface area contributed by atoms with Gasteiger partial charge in [0.1, 0.15) is 0 Å². The Morgan fingerprint density at radius 3 is 2.49 bits per heavy atom. The van der Waals surface area contributed by atoms with Crippen LogP contribution in [0.15, 0.2) is 52.6 Å². The largest absolute Gasteiger partial charge is 0.347 e. The third-order valence-corrected chi connectivity index (χ3v) is 8.12. The molecular formula is C26H35N5O2S2. The Morgan fingerprint density at radius 2 is 1.83 bits per heavy atom. The monoisotopic (exact) mass is 513 g/mol. The highest BCUT2D eigenvalue weighted by molar-refractivity contribution is 7.89. The number of nitrogens with zero attached hydrogens (tertiary/aromatic N) is 3. The van der Waals surface area contributed by atoms with E-state index in [0.29, 0.717) is 23.1 Å². The van der Waals surface area contributed by atoms with E-state index in [-0.39, 0.29) is 0 Å². The normalized spacial score (nSPS) is 12.1. The zero-order valence-corrected chi connectivity index (χ0v) is 22.8. The van der Waals surface area contributed by atoms with Crippen molar-refractivity contribution in [3.8, 4) is 0 Å². The molecule has 0 atom stereocenters. The van der Waals surface area contributed by atoms with Crippen molar-refractivity contribution >= 4 is 50.2 Å². The van der Waals surface area contributed by atoms with Crippen LogP contribution in [0.3, 0.4) is 0 Å². The van der Waals surface area contributed by atoms with E-state index in [1.807, 2.05) is 45.2 Å². The SMILES string of the molecule is CCCN(CCC)S(=O)(=O)c1ccc2c(c1)c(C=NNC(=S)Nc1cccc(C)c1C)cn2CC. The molecule has 0 saturated carbocycles. The number of hydrazone groups is 1. The van der Waals surface area contributed by atoms with Gasteiger partial charge in [-0.25, -0.2) is 8.42 Å². The predicted octanol–water partition coefficient (Wildman–Crippen LogP) is 5.41. The summed E-state index contributed by atoms with van der Waals surface area (Å²) in [4.78, 5) is 0.301.